The Bertz CT molecular complexity index is 299. The zero-order chi connectivity index (χ0) is 12.1. The number of rotatable bonds is 5. The summed E-state index contributed by atoms with van der Waals surface area (Å²) in [5, 5.41) is 3.65. The number of furan rings is 1. The van der Waals surface area contributed by atoms with Crippen molar-refractivity contribution in [2.75, 3.05) is 6.54 Å². The molecule has 1 fully saturated rings. The molecular formula is C15H25NO. The second-order valence-corrected chi connectivity index (χ2v) is 5.47. The van der Waals surface area contributed by atoms with Crippen molar-refractivity contribution in [3.63, 3.8) is 0 Å². The first-order valence-corrected chi connectivity index (χ1v) is 7.05. The van der Waals surface area contributed by atoms with Crippen LogP contribution in [-0.4, -0.2) is 12.6 Å². The van der Waals surface area contributed by atoms with E-state index in [0.717, 1.165) is 30.6 Å². The predicted molar refractivity (Wildman–Crippen MR) is 71.0 cm³/mol. The molecule has 17 heavy (non-hydrogen) atoms. The SMILES string of the molecule is CCNC(Cc1ccco1)C1CCC(C)CC1. The van der Waals surface area contributed by atoms with E-state index in [0.29, 0.717) is 6.04 Å². The van der Waals surface area contributed by atoms with Crippen LogP contribution in [0.2, 0.25) is 0 Å². The highest BCUT2D eigenvalue weighted by atomic mass is 16.3. The van der Waals surface area contributed by atoms with Gasteiger partial charge >= 0.3 is 0 Å². The van der Waals surface area contributed by atoms with Crippen molar-refractivity contribution in [2.24, 2.45) is 11.8 Å². The third kappa shape index (κ3) is 3.60. The van der Waals surface area contributed by atoms with Gasteiger partial charge in [-0.2, -0.15) is 0 Å². The monoisotopic (exact) mass is 235 g/mol. The first kappa shape index (κ1) is 12.7. The van der Waals surface area contributed by atoms with E-state index in [-0.39, 0.29) is 0 Å². The molecule has 1 heterocycles. The minimum absolute atomic E-state index is 0.596. The Hall–Kier alpha value is -0.760. The molecule has 0 aliphatic heterocycles. The van der Waals surface area contributed by atoms with Crippen LogP contribution in [0.5, 0.6) is 0 Å². The van der Waals surface area contributed by atoms with Gasteiger partial charge in [-0.1, -0.05) is 26.7 Å². The van der Waals surface area contributed by atoms with Gasteiger partial charge in [-0.3, -0.25) is 0 Å². The molecule has 96 valence electrons. The largest absolute Gasteiger partial charge is 0.469 e. The molecule has 1 saturated carbocycles. The zero-order valence-electron chi connectivity index (χ0n) is 11.1. The third-order valence-electron chi connectivity index (χ3n) is 4.10. The van der Waals surface area contributed by atoms with Gasteiger partial charge in [0, 0.05) is 12.5 Å². The average Bonchev–Trinajstić information content (AvgIpc) is 2.82. The molecule has 2 heteroatoms. The third-order valence-corrected chi connectivity index (χ3v) is 4.10. The fourth-order valence-electron chi connectivity index (χ4n) is 3.00. The van der Waals surface area contributed by atoms with Crippen LogP contribution in [0.15, 0.2) is 22.8 Å². The summed E-state index contributed by atoms with van der Waals surface area (Å²) in [6, 6.07) is 4.68. The highest BCUT2D eigenvalue weighted by Crippen LogP contribution is 2.31. The van der Waals surface area contributed by atoms with Crippen molar-refractivity contribution in [1.29, 1.82) is 0 Å². The van der Waals surface area contributed by atoms with Gasteiger partial charge < -0.3 is 9.73 Å². The van der Waals surface area contributed by atoms with Crippen LogP contribution in [0.1, 0.15) is 45.3 Å². The quantitative estimate of drug-likeness (QED) is 0.843. The van der Waals surface area contributed by atoms with Crippen LogP contribution < -0.4 is 5.32 Å². The Balaban J connectivity index is 1.92. The Labute approximate surface area is 105 Å². The van der Waals surface area contributed by atoms with Crippen LogP contribution >= 0.6 is 0 Å². The first-order chi connectivity index (χ1) is 8.29. The summed E-state index contributed by atoms with van der Waals surface area (Å²) in [6.45, 7) is 5.63. The molecule has 0 saturated heterocycles. The van der Waals surface area contributed by atoms with E-state index in [4.69, 9.17) is 4.42 Å². The first-order valence-electron chi connectivity index (χ1n) is 7.05. The van der Waals surface area contributed by atoms with Gasteiger partial charge in [0.05, 0.1) is 6.26 Å². The van der Waals surface area contributed by atoms with Gasteiger partial charge in [0.2, 0.25) is 0 Å². The Morgan fingerprint density at radius 3 is 2.71 bits per heavy atom. The van der Waals surface area contributed by atoms with Gasteiger partial charge in [0.15, 0.2) is 0 Å². The van der Waals surface area contributed by atoms with Gasteiger partial charge in [-0.25, -0.2) is 0 Å². The molecule has 1 unspecified atom stereocenters. The van der Waals surface area contributed by atoms with Crippen molar-refractivity contribution in [3.8, 4) is 0 Å². The van der Waals surface area contributed by atoms with Gasteiger partial charge in [0.25, 0.3) is 0 Å². The maximum atomic E-state index is 5.48. The lowest BCUT2D eigenvalue weighted by molar-refractivity contribution is 0.225. The molecule has 1 atom stereocenters. The normalized spacial score (nSPS) is 26.9. The molecular weight excluding hydrogens is 210 g/mol. The highest BCUT2D eigenvalue weighted by molar-refractivity contribution is 5.01. The molecule has 1 N–H and O–H groups in total. The fraction of sp³-hybridized carbons (Fsp3) is 0.733. The summed E-state index contributed by atoms with van der Waals surface area (Å²) < 4.78 is 5.48. The molecule has 1 aliphatic carbocycles. The molecule has 0 spiro atoms. The minimum Gasteiger partial charge on any atom is -0.469 e. The van der Waals surface area contributed by atoms with Gasteiger partial charge in [0.1, 0.15) is 5.76 Å². The topological polar surface area (TPSA) is 25.2 Å². The van der Waals surface area contributed by atoms with Crippen LogP contribution in [0.3, 0.4) is 0 Å². The van der Waals surface area contributed by atoms with Crippen molar-refractivity contribution in [2.45, 2.75) is 52.0 Å². The van der Waals surface area contributed by atoms with Crippen LogP contribution in [0.25, 0.3) is 0 Å². The maximum Gasteiger partial charge on any atom is 0.105 e. The van der Waals surface area contributed by atoms with E-state index in [1.54, 1.807) is 6.26 Å². The second kappa shape index (κ2) is 6.25. The molecule has 1 aromatic rings. The van der Waals surface area contributed by atoms with E-state index in [1.807, 2.05) is 6.07 Å². The number of likely N-dealkylation sites (N-methyl/N-ethyl adjacent to an activating group) is 1. The fourth-order valence-corrected chi connectivity index (χ4v) is 3.00. The molecule has 2 nitrogen and oxygen atoms in total. The molecule has 1 aromatic heterocycles. The Morgan fingerprint density at radius 1 is 1.35 bits per heavy atom. The van der Waals surface area contributed by atoms with Crippen LogP contribution in [-0.2, 0) is 6.42 Å². The lowest BCUT2D eigenvalue weighted by atomic mass is 9.78. The number of hydrogen-bond donors (Lipinski definition) is 1. The minimum atomic E-state index is 0.596. The zero-order valence-corrected chi connectivity index (χ0v) is 11.1. The Morgan fingerprint density at radius 2 is 2.12 bits per heavy atom. The lowest BCUT2D eigenvalue weighted by Crippen LogP contribution is -2.39. The van der Waals surface area contributed by atoms with Crippen molar-refractivity contribution < 1.29 is 4.42 Å². The second-order valence-electron chi connectivity index (χ2n) is 5.47. The van der Waals surface area contributed by atoms with Crippen molar-refractivity contribution in [1.82, 2.24) is 5.32 Å². The number of hydrogen-bond acceptors (Lipinski definition) is 2. The summed E-state index contributed by atoms with van der Waals surface area (Å²) in [7, 11) is 0. The molecule has 2 rings (SSSR count). The van der Waals surface area contributed by atoms with E-state index in [9.17, 15) is 0 Å². The lowest BCUT2D eigenvalue weighted by Gasteiger charge is -2.33. The average molecular weight is 235 g/mol. The summed E-state index contributed by atoms with van der Waals surface area (Å²) in [5.41, 5.74) is 0. The van der Waals surface area contributed by atoms with Crippen LogP contribution in [0.4, 0.5) is 0 Å². The summed E-state index contributed by atoms with van der Waals surface area (Å²) in [6.07, 6.45) is 8.36. The van der Waals surface area contributed by atoms with Gasteiger partial charge in [-0.05, 0) is 43.4 Å². The number of nitrogens with one attached hydrogen (secondary N) is 1. The Kier molecular flexibility index (Phi) is 4.66. The summed E-state index contributed by atoms with van der Waals surface area (Å²) in [4.78, 5) is 0. The summed E-state index contributed by atoms with van der Waals surface area (Å²) >= 11 is 0. The molecule has 0 radical (unpaired) electrons. The summed E-state index contributed by atoms with van der Waals surface area (Å²) in [5.74, 6) is 2.88. The van der Waals surface area contributed by atoms with Crippen molar-refractivity contribution in [3.05, 3.63) is 24.2 Å². The smallest absolute Gasteiger partial charge is 0.105 e. The van der Waals surface area contributed by atoms with Crippen molar-refractivity contribution >= 4 is 0 Å². The van der Waals surface area contributed by atoms with E-state index >= 15 is 0 Å². The van der Waals surface area contributed by atoms with E-state index in [1.165, 1.54) is 25.7 Å². The molecule has 0 bridgehead atoms. The van der Waals surface area contributed by atoms with E-state index < -0.39 is 0 Å². The highest BCUT2D eigenvalue weighted by Gasteiger charge is 2.26. The molecule has 0 aromatic carbocycles. The predicted octanol–water partition coefficient (Wildman–Crippen LogP) is 3.63. The molecule has 1 aliphatic rings. The van der Waals surface area contributed by atoms with E-state index in [2.05, 4.69) is 25.2 Å². The van der Waals surface area contributed by atoms with Gasteiger partial charge in [-0.15, -0.1) is 0 Å². The standard InChI is InChI=1S/C15H25NO/c1-3-16-15(11-14-5-4-10-17-14)13-8-6-12(2)7-9-13/h4-5,10,12-13,15-16H,3,6-9,11H2,1-2H3. The van der Waals surface area contributed by atoms with Crippen LogP contribution in [0, 0.1) is 11.8 Å². The maximum absolute atomic E-state index is 5.48. The molecule has 0 amide bonds.